The van der Waals surface area contributed by atoms with Crippen LogP contribution in [0.3, 0.4) is 0 Å². The molecule has 0 aromatic heterocycles. The highest BCUT2D eigenvalue weighted by Gasteiger charge is 2.48. The van der Waals surface area contributed by atoms with Crippen LogP contribution < -0.4 is 31.9 Å². The zero-order chi connectivity index (χ0) is 88.6. The molecule has 0 spiro atoms. The van der Waals surface area contributed by atoms with Crippen LogP contribution >= 0.6 is 23.5 Å². The van der Waals surface area contributed by atoms with E-state index < -0.39 is 158 Å². The van der Waals surface area contributed by atoms with Crippen LogP contribution in [-0.4, -0.2) is 351 Å². The van der Waals surface area contributed by atoms with E-state index in [-0.39, 0.29) is 175 Å². The zero-order valence-corrected chi connectivity index (χ0v) is 72.1. The molecule has 44 nitrogen and oxygen atoms in total. The first-order valence-corrected chi connectivity index (χ1v) is 45.9. The van der Waals surface area contributed by atoms with Gasteiger partial charge in [-0.25, -0.2) is 13.7 Å². The zero-order valence-electron chi connectivity index (χ0n) is 69.5. The van der Waals surface area contributed by atoms with E-state index in [9.17, 15) is 108 Å². The van der Waals surface area contributed by atoms with E-state index in [1.54, 1.807) is 0 Å². The Hall–Kier alpha value is -3.65. The lowest BCUT2D eigenvalue weighted by Crippen LogP contribution is -2.64. The molecule has 6 amide bonds. The monoisotopic (exact) mass is 1800 g/mol. The van der Waals surface area contributed by atoms with Gasteiger partial charge in [0.05, 0.1) is 105 Å². The van der Waals surface area contributed by atoms with E-state index in [1.807, 2.05) is 0 Å². The van der Waals surface area contributed by atoms with Gasteiger partial charge >= 0.3 is 23.5 Å². The fraction of sp³-hybridized carbons (Fsp3) is 0.918. The van der Waals surface area contributed by atoms with Crippen LogP contribution in [0, 0.1) is 5.41 Å². The molecule has 3 fully saturated rings. The summed E-state index contributed by atoms with van der Waals surface area (Å²) in [4.78, 5) is 103. The molecule has 3 unspecified atom stereocenters. The molecule has 704 valence electrons. The van der Waals surface area contributed by atoms with Crippen molar-refractivity contribution in [2.45, 2.75) is 267 Å². The second-order valence-corrected chi connectivity index (χ2v) is 33.8. The van der Waals surface area contributed by atoms with Gasteiger partial charge in [-0.05, 0) is 96.3 Å². The Morgan fingerprint density at radius 1 is 0.317 bits per heavy atom. The minimum atomic E-state index is -4.46. The average Bonchev–Trinajstić information content (AvgIpc) is 0.827. The third-order valence-corrected chi connectivity index (χ3v) is 21.9. The number of hydrogen-bond acceptors (Lipinski definition) is 35. The van der Waals surface area contributed by atoms with Crippen LogP contribution in [-0.2, 0) is 117 Å². The summed E-state index contributed by atoms with van der Waals surface area (Å²) >= 11 is 0. The largest absolute Gasteiger partial charge is 0.472 e. The summed E-state index contributed by atoms with van der Waals surface area (Å²) in [7, 11) is -13.4. The number of nitrogens with one attached hydrogen (secondary N) is 6. The van der Waals surface area contributed by atoms with E-state index in [1.165, 1.54) is 20.8 Å². The van der Waals surface area contributed by atoms with Gasteiger partial charge in [0, 0.05) is 99.3 Å². The highest BCUT2D eigenvalue weighted by molar-refractivity contribution is 7.47. The molecule has 0 aliphatic carbocycles. The average molecular weight is 1800 g/mol. The van der Waals surface area contributed by atoms with Gasteiger partial charge in [-0.15, -0.1) is 0 Å². The molecule has 3 aliphatic heterocycles. The maximum Gasteiger partial charge on any atom is 0.472 e. The first-order chi connectivity index (χ1) is 57.3. The maximum absolute atomic E-state index is 12.7. The van der Waals surface area contributed by atoms with Crippen molar-refractivity contribution in [1.82, 2.24) is 31.9 Å². The molecule has 120 heavy (non-hydrogen) atoms. The summed E-state index contributed by atoms with van der Waals surface area (Å²) in [5, 5.41) is 116. The Balaban J connectivity index is 1.38. The fourth-order valence-corrected chi connectivity index (χ4v) is 14.8. The Morgan fingerprint density at radius 2 is 0.558 bits per heavy atom. The first-order valence-electron chi connectivity index (χ1n) is 41.4. The molecule has 3 heterocycles. The molecule has 3 rings (SSSR count). The van der Waals surface area contributed by atoms with Crippen LogP contribution in [0.1, 0.15) is 175 Å². The molecule has 3 saturated heterocycles. The third kappa shape index (κ3) is 48.9. The first kappa shape index (κ1) is 111. The number of carbonyl (C=O) groups excluding carboxylic acids is 6. The molecule has 0 aromatic carbocycles. The lowest BCUT2D eigenvalue weighted by Gasteiger charge is -2.42. The van der Waals surface area contributed by atoms with Crippen LogP contribution in [0.25, 0.3) is 0 Å². The summed E-state index contributed by atoms with van der Waals surface area (Å²) in [5.41, 5.74) is -1.08. The number of aliphatic hydroxyl groups is 10. The third-order valence-electron chi connectivity index (χ3n) is 18.9. The number of phosphoric ester groups is 3. The molecule has 0 radical (unpaired) electrons. The van der Waals surface area contributed by atoms with Crippen molar-refractivity contribution in [3.63, 3.8) is 0 Å². The number of rotatable bonds is 73. The SMILES string of the molecule is CC(=O)N[C@H]1[C@H](OCCCCC(=O)NCCCCCCOP(=O)(O)OCCCOCC(COCCO)(COCCCOP(=O)(O)OCCCCCCNC(=O)CCCCO[C@@H]2O[C@H](CO)[C@H](O)[C@H](O)[C@H]2NC(C)=O)COCCCOP(=O)(O)OCCCCCCNC(=O)CCCCO[C@@H]2O[C@H](CO)[C@H](O)[C@H](O)[C@H]2NC(C)=O)O[C@H](CO)[C@H](O)[C@@H]1O. The molecule has 0 bridgehead atoms. The van der Waals surface area contributed by atoms with Gasteiger partial charge in [-0.2, -0.15) is 0 Å². The molecular formula is C73H139N6O38P3. The molecule has 47 heteroatoms. The number of hydrogen-bond donors (Lipinski definition) is 19. The van der Waals surface area contributed by atoms with Gasteiger partial charge in [-0.1, -0.05) is 38.5 Å². The number of aliphatic hydroxyl groups excluding tert-OH is 10. The molecular weight excluding hydrogens is 1660 g/mol. The Bertz CT molecular complexity index is 2650. The van der Waals surface area contributed by atoms with E-state index in [0.29, 0.717) is 135 Å². The van der Waals surface area contributed by atoms with Crippen molar-refractivity contribution >= 4 is 58.9 Å². The normalized spacial score (nSPS) is 25.2. The molecule has 19 N–H and O–H groups in total. The van der Waals surface area contributed by atoms with Crippen molar-refractivity contribution in [3.8, 4) is 0 Å². The van der Waals surface area contributed by atoms with Crippen molar-refractivity contribution < 1.29 is 183 Å². The van der Waals surface area contributed by atoms with Crippen LogP contribution in [0.5, 0.6) is 0 Å². The smallest absolute Gasteiger partial charge is 0.394 e. The molecule has 18 atom stereocenters. The lowest BCUT2D eigenvalue weighted by atomic mass is 9.92. The predicted octanol–water partition coefficient (Wildman–Crippen LogP) is -0.976. The minimum absolute atomic E-state index is 0.00325. The van der Waals surface area contributed by atoms with Gasteiger partial charge in [0.15, 0.2) is 18.9 Å². The minimum Gasteiger partial charge on any atom is -0.394 e. The summed E-state index contributed by atoms with van der Waals surface area (Å²) in [5.74, 6) is -1.99. The Labute approximate surface area is 701 Å². The van der Waals surface area contributed by atoms with Gasteiger partial charge in [-0.3, -0.25) is 55.9 Å². The number of unbranched alkanes of at least 4 members (excludes halogenated alkanes) is 12. The van der Waals surface area contributed by atoms with Crippen molar-refractivity contribution in [2.24, 2.45) is 5.41 Å². The summed E-state index contributed by atoms with van der Waals surface area (Å²) in [6, 6.07) is -3.21. The second-order valence-electron chi connectivity index (χ2n) is 29.5. The van der Waals surface area contributed by atoms with E-state index in [2.05, 4.69) is 31.9 Å². The van der Waals surface area contributed by atoms with Crippen molar-refractivity contribution in [3.05, 3.63) is 0 Å². The Morgan fingerprint density at radius 3 is 0.808 bits per heavy atom. The van der Waals surface area contributed by atoms with E-state index >= 15 is 0 Å². The lowest BCUT2D eigenvalue weighted by molar-refractivity contribution is -0.270. The maximum atomic E-state index is 12.7. The fourth-order valence-electron chi connectivity index (χ4n) is 12.4. The van der Waals surface area contributed by atoms with Crippen molar-refractivity contribution in [2.75, 3.05) is 158 Å². The summed E-state index contributed by atoms with van der Waals surface area (Å²) in [6.45, 7) is 1.81. The van der Waals surface area contributed by atoms with Crippen molar-refractivity contribution in [1.29, 1.82) is 0 Å². The van der Waals surface area contributed by atoms with Crippen LogP contribution in [0.15, 0.2) is 0 Å². The number of phosphoric acid groups is 3. The van der Waals surface area contributed by atoms with Crippen LogP contribution in [0.2, 0.25) is 0 Å². The quantitative estimate of drug-likeness (QED) is 0.0257. The van der Waals surface area contributed by atoms with E-state index in [4.69, 9.17) is 74.5 Å². The van der Waals surface area contributed by atoms with Gasteiger partial charge < -0.3 is 145 Å². The van der Waals surface area contributed by atoms with Gasteiger partial charge in [0.1, 0.15) is 73.1 Å². The number of amides is 6. The highest BCUT2D eigenvalue weighted by atomic mass is 31.2. The summed E-state index contributed by atoms with van der Waals surface area (Å²) in [6.07, 6.45) is -4.64. The number of ether oxygens (including phenoxy) is 10. The topological polar surface area (TPSA) is 636 Å². The van der Waals surface area contributed by atoms with Gasteiger partial charge in [0.25, 0.3) is 0 Å². The highest BCUT2D eigenvalue weighted by Crippen LogP contribution is 2.45. The second kappa shape index (κ2) is 64.1. The summed E-state index contributed by atoms with van der Waals surface area (Å²) < 4.78 is 127. The predicted molar refractivity (Wildman–Crippen MR) is 422 cm³/mol. The van der Waals surface area contributed by atoms with Crippen LogP contribution in [0.4, 0.5) is 0 Å². The molecule has 3 aliphatic rings. The molecule has 0 saturated carbocycles. The standard InChI is InChI=1S/C73H139N6O38P3/c1-52(84)77-61-67(93)64(90)55(45-81)115-70(61)106-35-19-10-25-58(87)74-28-13-4-7-16-38-109-118(96,97)112-41-22-32-102-48-73(51-105-44-31-80,49-103-33-23-42-113-119(98,99)110-39-17-8-5-14-29-75-59(88)26-11-20-36-107-71-62(78-53(2)85)68(94)65(91)56(46-82)116-71)50-104-34-24-43-114-120(100,101)111-40-18-9-6-15-30-76-60(89)27-12-21-37-108-72-63(79-54(3)86)69(95)66(92)57(47-83)117-72/h55-57,61-72,80-83,90-95H,4-51H2,1-3H3,(H,74,87)(H,75,88)(H,76,89)(H,77,84)(H,78,85)(H,79,86)(H,96,97)(H,98,99)(H,100,101)/t55-,56-,57-,61-,62-,63-,64+,65+,66+,67-,68-,69-,70-,71-,72-/m1/s1. The van der Waals surface area contributed by atoms with Gasteiger partial charge in [0.2, 0.25) is 35.4 Å². The Kier molecular flexibility index (Phi) is 59.1. The molecule has 0 aromatic rings. The van der Waals surface area contributed by atoms with E-state index in [0.717, 1.165) is 0 Å². The number of carbonyl (C=O) groups is 6.